The predicted octanol–water partition coefficient (Wildman–Crippen LogP) is 6.06. The zero-order valence-corrected chi connectivity index (χ0v) is 24.2. The number of likely N-dealkylation sites (tertiary alicyclic amines) is 1. The van der Waals surface area contributed by atoms with Gasteiger partial charge in [-0.3, -0.25) is 14.5 Å². The van der Waals surface area contributed by atoms with Gasteiger partial charge in [0.1, 0.15) is 17.2 Å². The third-order valence-corrected chi connectivity index (χ3v) is 8.58. The molecule has 6 nitrogen and oxygen atoms in total. The SMILES string of the molecule is Cc1ccc(F)c(C(=O)N2CCC(N3CCN(C(=O)c4cc(-c5ccccc5)nc(-c5ccccc5)c4)CC3)CC2)c1F. The van der Waals surface area contributed by atoms with Crippen molar-refractivity contribution in [3.05, 3.63) is 113 Å². The second-order valence-electron chi connectivity index (χ2n) is 11.3. The molecule has 0 bridgehead atoms. The largest absolute Gasteiger partial charge is 0.338 e. The summed E-state index contributed by atoms with van der Waals surface area (Å²) in [5.41, 5.74) is 3.84. The van der Waals surface area contributed by atoms with E-state index in [1.807, 2.05) is 77.7 Å². The molecule has 0 atom stereocenters. The first kappa shape index (κ1) is 28.7. The Bertz CT molecular complexity index is 1560. The molecular weight excluding hydrogens is 546 g/mol. The Morgan fingerprint density at radius 2 is 1.23 bits per heavy atom. The molecule has 0 spiro atoms. The fraction of sp³-hybridized carbons (Fsp3) is 0.286. The minimum atomic E-state index is -0.822. The summed E-state index contributed by atoms with van der Waals surface area (Å²) in [4.78, 5) is 37.4. The van der Waals surface area contributed by atoms with E-state index in [2.05, 4.69) is 4.90 Å². The number of pyridine rings is 1. The molecule has 43 heavy (non-hydrogen) atoms. The Kier molecular flexibility index (Phi) is 8.29. The lowest BCUT2D eigenvalue weighted by Gasteiger charge is -2.42. The highest BCUT2D eigenvalue weighted by Crippen LogP contribution is 2.27. The monoisotopic (exact) mass is 580 g/mol. The molecule has 4 aromatic rings. The van der Waals surface area contributed by atoms with Gasteiger partial charge >= 0.3 is 0 Å². The third-order valence-electron chi connectivity index (χ3n) is 8.58. The molecule has 0 saturated carbocycles. The first-order chi connectivity index (χ1) is 20.9. The van der Waals surface area contributed by atoms with Crippen LogP contribution >= 0.6 is 0 Å². The van der Waals surface area contributed by atoms with Crippen molar-refractivity contribution in [2.45, 2.75) is 25.8 Å². The molecule has 3 aromatic carbocycles. The topological polar surface area (TPSA) is 56.8 Å². The van der Waals surface area contributed by atoms with E-state index >= 15 is 0 Å². The fourth-order valence-corrected chi connectivity index (χ4v) is 6.09. The number of aryl methyl sites for hydroxylation is 1. The van der Waals surface area contributed by atoms with Gasteiger partial charge in [-0.05, 0) is 43.5 Å². The van der Waals surface area contributed by atoms with Gasteiger partial charge in [-0.1, -0.05) is 66.7 Å². The number of carbonyl (C=O) groups excluding carboxylic acids is 2. The number of halogens is 2. The zero-order chi connectivity index (χ0) is 29.9. The maximum Gasteiger partial charge on any atom is 0.259 e. The molecule has 8 heteroatoms. The van der Waals surface area contributed by atoms with Gasteiger partial charge in [-0.2, -0.15) is 0 Å². The van der Waals surface area contributed by atoms with Gasteiger partial charge in [-0.25, -0.2) is 13.8 Å². The Hall–Kier alpha value is -4.43. The van der Waals surface area contributed by atoms with Gasteiger partial charge in [-0.15, -0.1) is 0 Å². The van der Waals surface area contributed by atoms with Crippen molar-refractivity contribution in [2.24, 2.45) is 0 Å². The molecule has 0 unspecified atom stereocenters. The molecule has 2 fully saturated rings. The van der Waals surface area contributed by atoms with Crippen LogP contribution in [-0.4, -0.2) is 76.8 Å². The standard InChI is InChI=1S/C35H34F2N4O2/c1-24-12-13-29(36)32(33(24)37)35(43)40-16-14-28(15-17-40)39-18-20-41(21-19-39)34(42)27-22-30(25-8-4-2-5-9-25)38-31(23-27)26-10-6-3-7-11-26/h2-13,22-23,28H,14-21H2,1H3. The van der Waals surface area contributed by atoms with E-state index in [0.29, 0.717) is 31.7 Å². The third kappa shape index (κ3) is 6.06. The number of piperidine rings is 1. The number of nitrogens with zero attached hydrogens (tertiary/aromatic N) is 4. The molecule has 1 aromatic heterocycles. The van der Waals surface area contributed by atoms with E-state index in [4.69, 9.17) is 4.98 Å². The molecule has 0 radical (unpaired) electrons. The maximum atomic E-state index is 14.5. The average molecular weight is 581 g/mol. The van der Waals surface area contributed by atoms with Crippen molar-refractivity contribution in [2.75, 3.05) is 39.3 Å². The number of benzene rings is 3. The Balaban J connectivity index is 1.10. The normalized spacial score (nSPS) is 16.3. The minimum Gasteiger partial charge on any atom is -0.338 e. The van der Waals surface area contributed by atoms with E-state index in [9.17, 15) is 18.4 Å². The van der Waals surface area contributed by atoms with Crippen LogP contribution in [0.1, 0.15) is 39.1 Å². The lowest BCUT2D eigenvalue weighted by atomic mass is 10.00. The highest BCUT2D eigenvalue weighted by atomic mass is 19.1. The number of piperazine rings is 1. The van der Waals surface area contributed by atoms with Crippen LogP contribution in [0.25, 0.3) is 22.5 Å². The molecule has 2 aliphatic rings. The highest BCUT2D eigenvalue weighted by Gasteiger charge is 2.32. The molecule has 3 heterocycles. The van der Waals surface area contributed by atoms with Crippen molar-refractivity contribution in [1.29, 1.82) is 0 Å². The molecule has 0 N–H and O–H groups in total. The summed E-state index contributed by atoms with van der Waals surface area (Å²) in [6.45, 7) is 5.07. The number of hydrogen-bond acceptors (Lipinski definition) is 4. The Morgan fingerprint density at radius 3 is 1.79 bits per heavy atom. The molecule has 2 aliphatic heterocycles. The molecule has 2 amide bonds. The van der Waals surface area contributed by atoms with Gasteiger partial charge in [0.15, 0.2) is 0 Å². The van der Waals surface area contributed by atoms with Gasteiger partial charge in [0.05, 0.1) is 11.4 Å². The van der Waals surface area contributed by atoms with Crippen molar-refractivity contribution in [1.82, 2.24) is 19.7 Å². The quantitative estimate of drug-likeness (QED) is 0.288. The number of rotatable bonds is 5. The molecular formula is C35H34F2N4O2. The van der Waals surface area contributed by atoms with Crippen LogP contribution in [0.5, 0.6) is 0 Å². The Labute approximate surface area is 250 Å². The summed E-state index contributed by atoms with van der Waals surface area (Å²) in [6.07, 6.45) is 1.44. The number of amides is 2. The van der Waals surface area contributed by atoms with E-state index in [1.165, 1.54) is 13.0 Å². The van der Waals surface area contributed by atoms with Crippen molar-refractivity contribution in [3.63, 3.8) is 0 Å². The van der Waals surface area contributed by atoms with Crippen LogP contribution in [0.15, 0.2) is 84.9 Å². The second kappa shape index (κ2) is 12.4. The highest BCUT2D eigenvalue weighted by molar-refractivity contribution is 5.96. The minimum absolute atomic E-state index is 0.0148. The van der Waals surface area contributed by atoms with Crippen LogP contribution in [0.2, 0.25) is 0 Å². The van der Waals surface area contributed by atoms with Crippen molar-refractivity contribution in [3.8, 4) is 22.5 Å². The summed E-state index contributed by atoms with van der Waals surface area (Å²) in [7, 11) is 0. The van der Waals surface area contributed by atoms with Crippen LogP contribution in [0.3, 0.4) is 0 Å². The van der Waals surface area contributed by atoms with Crippen LogP contribution < -0.4 is 0 Å². The summed E-state index contributed by atoms with van der Waals surface area (Å²) < 4.78 is 28.9. The summed E-state index contributed by atoms with van der Waals surface area (Å²) in [5.74, 6) is -2.21. The average Bonchev–Trinajstić information content (AvgIpc) is 3.07. The van der Waals surface area contributed by atoms with Crippen LogP contribution in [-0.2, 0) is 0 Å². The zero-order valence-electron chi connectivity index (χ0n) is 24.2. The fourth-order valence-electron chi connectivity index (χ4n) is 6.09. The van der Waals surface area contributed by atoms with Gasteiger partial charge in [0, 0.05) is 62.0 Å². The predicted molar refractivity (Wildman–Crippen MR) is 163 cm³/mol. The second-order valence-corrected chi connectivity index (χ2v) is 11.3. The van der Waals surface area contributed by atoms with E-state index in [0.717, 1.165) is 54.5 Å². The van der Waals surface area contributed by atoms with Crippen molar-refractivity contribution >= 4 is 11.8 Å². The summed E-state index contributed by atoms with van der Waals surface area (Å²) in [6, 6.07) is 26.3. The summed E-state index contributed by atoms with van der Waals surface area (Å²) >= 11 is 0. The van der Waals surface area contributed by atoms with Gasteiger partial charge in [0.25, 0.3) is 11.8 Å². The molecule has 2 saturated heterocycles. The summed E-state index contributed by atoms with van der Waals surface area (Å²) in [5, 5.41) is 0. The van der Waals surface area contributed by atoms with Gasteiger partial charge in [0.2, 0.25) is 0 Å². The van der Waals surface area contributed by atoms with Crippen LogP contribution in [0.4, 0.5) is 8.78 Å². The first-order valence-corrected chi connectivity index (χ1v) is 14.8. The van der Waals surface area contributed by atoms with Gasteiger partial charge < -0.3 is 9.80 Å². The first-order valence-electron chi connectivity index (χ1n) is 14.8. The molecule has 6 rings (SSSR count). The smallest absolute Gasteiger partial charge is 0.259 e. The van der Waals surface area contributed by atoms with E-state index < -0.39 is 23.1 Å². The van der Waals surface area contributed by atoms with E-state index in [-0.39, 0.29) is 17.5 Å². The number of hydrogen-bond donors (Lipinski definition) is 0. The van der Waals surface area contributed by atoms with Crippen molar-refractivity contribution < 1.29 is 18.4 Å². The number of aromatic nitrogens is 1. The number of carbonyl (C=O) groups is 2. The Morgan fingerprint density at radius 1 is 0.698 bits per heavy atom. The lowest BCUT2D eigenvalue weighted by Crippen LogP contribution is -2.54. The molecule has 220 valence electrons. The van der Waals surface area contributed by atoms with E-state index in [1.54, 1.807) is 4.90 Å². The molecule has 0 aliphatic carbocycles. The lowest BCUT2D eigenvalue weighted by molar-refractivity contribution is 0.0409. The maximum absolute atomic E-state index is 14.5. The van der Waals surface area contributed by atoms with Crippen LogP contribution in [0, 0.1) is 18.6 Å².